The Labute approximate surface area is 151 Å². The first-order valence-electron chi connectivity index (χ1n) is 7.92. The lowest BCUT2D eigenvalue weighted by atomic mass is 10.1. The van der Waals surface area contributed by atoms with Gasteiger partial charge in [0.05, 0.1) is 6.42 Å². The minimum atomic E-state index is -1.07. The summed E-state index contributed by atoms with van der Waals surface area (Å²) >= 11 is 5.86. The second-order valence-corrected chi connectivity index (χ2v) is 6.93. The SMILES string of the molecule is CN1C(=O)Cc2cc(NC(=O)C(C)(C)Oc3ccc(Cl)cc3)ccc21. The quantitative estimate of drug-likeness (QED) is 0.907. The van der Waals surface area contributed by atoms with Crippen LogP contribution in [0.3, 0.4) is 0 Å². The maximum absolute atomic E-state index is 12.6. The first-order chi connectivity index (χ1) is 11.8. The average Bonchev–Trinajstić information content (AvgIpc) is 2.83. The molecule has 1 aliphatic rings. The molecule has 130 valence electrons. The third-order valence-electron chi connectivity index (χ3n) is 4.15. The average molecular weight is 359 g/mol. The van der Waals surface area contributed by atoms with Crippen LogP contribution in [0.1, 0.15) is 19.4 Å². The van der Waals surface area contributed by atoms with Crippen LogP contribution in [0.25, 0.3) is 0 Å². The number of ether oxygens (including phenoxy) is 1. The summed E-state index contributed by atoms with van der Waals surface area (Å²) < 4.78 is 5.78. The predicted octanol–water partition coefficient (Wildman–Crippen LogP) is 3.66. The van der Waals surface area contributed by atoms with Crippen LogP contribution in [-0.4, -0.2) is 24.5 Å². The fourth-order valence-corrected chi connectivity index (χ4v) is 2.80. The van der Waals surface area contributed by atoms with Crippen molar-refractivity contribution in [3.63, 3.8) is 0 Å². The molecule has 1 aliphatic heterocycles. The lowest BCUT2D eigenvalue weighted by Gasteiger charge is -2.25. The number of rotatable bonds is 4. The second-order valence-electron chi connectivity index (χ2n) is 6.49. The Morgan fingerprint density at radius 3 is 2.56 bits per heavy atom. The number of benzene rings is 2. The molecule has 0 bridgehead atoms. The van der Waals surface area contributed by atoms with Gasteiger partial charge < -0.3 is 15.0 Å². The van der Waals surface area contributed by atoms with Gasteiger partial charge in [0.15, 0.2) is 5.60 Å². The van der Waals surface area contributed by atoms with Crippen molar-refractivity contribution in [2.45, 2.75) is 25.9 Å². The molecule has 2 amide bonds. The zero-order valence-corrected chi connectivity index (χ0v) is 15.1. The molecule has 0 aromatic heterocycles. The molecule has 0 aliphatic carbocycles. The Morgan fingerprint density at radius 2 is 1.88 bits per heavy atom. The van der Waals surface area contributed by atoms with Gasteiger partial charge in [-0.2, -0.15) is 0 Å². The van der Waals surface area contributed by atoms with E-state index >= 15 is 0 Å². The van der Waals surface area contributed by atoms with Gasteiger partial charge in [-0.15, -0.1) is 0 Å². The zero-order chi connectivity index (χ0) is 18.2. The van der Waals surface area contributed by atoms with E-state index in [9.17, 15) is 9.59 Å². The molecule has 3 rings (SSSR count). The maximum Gasteiger partial charge on any atom is 0.267 e. The molecule has 6 heteroatoms. The third kappa shape index (κ3) is 3.61. The number of likely N-dealkylation sites (N-methyl/N-ethyl adjacent to an activating group) is 1. The number of nitrogens with zero attached hydrogens (tertiary/aromatic N) is 1. The summed E-state index contributed by atoms with van der Waals surface area (Å²) in [5.41, 5.74) is 1.35. The van der Waals surface area contributed by atoms with E-state index in [0.29, 0.717) is 22.9 Å². The number of hydrogen-bond acceptors (Lipinski definition) is 3. The normalized spacial score (nSPS) is 13.6. The summed E-state index contributed by atoms with van der Waals surface area (Å²) in [5, 5.41) is 3.46. The van der Waals surface area contributed by atoms with E-state index in [1.54, 1.807) is 56.1 Å². The Balaban J connectivity index is 1.72. The highest BCUT2D eigenvalue weighted by molar-refractivity contribution is 6.30. The van der Waals surface area contributed by atoms with Crippen LogP contribution in [0, 0.1) is 0 Å². The molecule has 0 fully saturated rings. The molecule has 25 heavy (non-hydrogen) atoms. The molecule has 2 aromatic rings. The highest BCUT2D eigenvalue weighted by Crippen LogP contribution is 2.30. The van der Waals surface area contributed by atoms with Crippen molar-refractivity contribution in [3.05, 3.63) is 53.1 Å². The van der Waals surface area contributed by atoms with Crippen LogP contribution >= 0.6 is 11.6 Å². The summed E-state index contributed by atoms with van der Waals surface area (Å²) in [6.45, 7) is 3.39. The van der Waals surface area contributed by atoms with Crippen LogP contribution in [0.2, 0.25) is 5.02 Å². The molecule has 0 unspecified atom stereocenters. The minimum absolute atomic E-state index is 0.0462. The molecule has 2 aromatic carbocycles. The maximum atomic E-state index is 12.6. The Kier molecular flexibility index (Phi) is 4.43. The van der Waals surface area contributed by atoms with Crippen molar-refractivity contribution in [2.24, 2.45) is 0 Å². The van der Waals surface area contributed by atoms with E-state index in [0.717, 1.165) is 11.3 Å². The van der Waals surface area contributed by atoms with Crippen molar-refractivity contribution in [2.75, 3.05) is 17.3 Å². The van der Waals surface area contributed by atoms with E-state index in [1.807, 2.05) is 12.1 Å². The van der Waals surface area contributed by atoms with Gasteiger partial charge in [0.2, 0.25) is 5.91 Å². The van der Waals surface area contributed by atoms with Crippen LogP contribution in [0.15, 0.2) is 42.5 Å². The highest BCUT2D eigenvalue weighted by Gasteiger charge is 2.31. The fraction of sp³-hybridized carbons (Fsp3) is 0.263. The topological polar surface area (TPSA) is 58.6 Å². The molecule has 0 saturated heterocycles. The standard InChI is InChI=1S/C19H19ClN2O3/c1-19(2,25-15-7-4-13(20)5-8-15)18(24)21-14-6-9-16-12(10-14)11-17(23)22(16)3/h4-10H,11H2,1-3H3,(H,21,24). The third-order valence-corrected chi connectivity index (χ3v) is 4.40. The van der Waals surface area contributed by atoms with Crippen LogP contribution in [-0.2, 0) is 16.0 Å². The van der Waals surface area contributed by atoms with E-state index in [-0.39, 0.29) is 11.8 Å². The van der Waals surface area contributed by atoms with Crippen molar-refractivity contribution in [1.82, 2.24) is 0 Å². The number of fused-ring (bicyclic) bond motifs is 1. The minimum Gasteiger partial charge on any atom is -0.478 e. The predicted molar refractivity (Wildman–Crippen MR) is 98.3 cm³/mol. The Morgan fingerprint density at radius 1 is 1.20 bits per heavy atom. The first-order valence-corrected chi connectivity index (χ1v) is 8.29. The van der Waals surface area contributed by atoms with Crippen molar-refractivity contribution in [1.29, 1.82) is 0 Å². The smallest absolute Gasteiger partial charge is 0.267 e. The number of hydrogen-bond donors (Lipinski definition) is 1. The van der Waals surface area contributed by atoms with Gasteiger partial charge in [0.25, 0.3) is 5.91 Å². The first kappa shape index (κ1) is 17.3. The summed E-state index contributed by atoms with van der Waals surface area (Å²) in [5.74, 6) is 0.329. The summed E-state index contributed by atoms with van der Waals surface area (Å²) in [6.07, 6.45) is 0.347. The van der Waals surface area contributed by atoms with Gasteiger partial charge in [0, 0.05) is 23.4 Å². The van der Waals surface area contributed by atoms with Crippen LogP contribution in [0.5, 0.6) is 5.75 Å². The van der Waals surface area contributed by atoms with Crippen molar-refractivity contribution >= 4 is 34.8 Å². The van der Waals surface area contributed by atoms with E-state index in [1.165, 1.54) is 0 Å². The van der Waals surface area contributed by atoms with Gasteiger partial charge in [0.1, 0.15) is 5.75 Å². The van der Waals surface area contributed by atoms with Gasteiger partial charge in [-0.05, 0) is 61.9 Å². The molecule has 1 N–H and O–H groups in total. The number of nitrogens with one attached hydrogen (secondary N) is 1. The van der Waals surface area contributed by atoms with Gasteiger partial charge in [-0.1, -0.05) is 11.6 Å². The number of carbonyl (C=O) groups excluding carboxylic acids is 2. The summed E-state index contributed by atoms with van der Waals surface area (Å²) in [7, 11) is 1.75. The fourth-order valence-electron chi connectivity index (χ4n) is 2.67. The monoisotopic (exact) mass is 358 g/mol. The number of halogens is 1. The van der Waals surface area contributed by atoms with E-state index in [4.69, 9.17) is 16.3 Å². The lowest BCUT2D eigenvalue weighted by Crippen LogP contribution is -2.42. The van der Waals surface area contributed by atoms with Gasteiger partial charge in [-0.25, -0.2) is 0 Å². The Hall–Kier alpha value is -2.53. The Bertz CT molecular complexity index is 831. The number of anilines is 2. The largest absolute Gasteiger partial charge is 0.478 e. The van der Waals surface area contributed by atoms with E-state index < -0.39 is 5.60 Å². The molecule has 0 radical (unpaired) electrons. The molecular weight excluding hydrogens is 340 g/mol. The number of carbonyl (C=O) groups is 2. The van der Waals surface area contributed by atoms with Crippen LogP contribution < -0.4 is 15.0 Å². The van der Waals surface area contributed by atoms with Crippen LogP contribution in [0.4, 0.5) is 11.4 Å². The number of amides is 2. The lowest BCUT2D eigenvalue weighted by molar-refractivity contribution is -0.128. The van der Waals surface area contributed by atoms with Crippen molar-refractivity contribution < 1.29 is 14.3 Å². The second kappa shape index (κ2) is 6.41. The summed E-state index contributed by atoms with van der Waals surface area (Å²) in [6, 6.07) is 12.3. The highest BCUT2D eigenvalue weighted by atomic mass is 35.5. The zero-order valence-electron chi connectivity index (χ0n) is 14.3. The van der Waals surface area contributed by atoms with E-state index in [2.05, 4.69) is 5.32 Å². The van der Waals surface area contributed by atoms with Gasteiger partial charge in [-0.3, -0.25) is 9.59 Å². The van der Waals surface area contributed by atoms with Crippen molar-refractivity contribution in [3.8, 4) is 5.75 Å². The summed E-state index contributed by atoms with van der Waals surface area (Å²) in [4.78, 5) is 26.0. The molecule has 0 spiro atoms. The molecule has 5 nitrogen and oxygen atoms in total. The molecule has 0 saturated carbocycles. The molecular formula is C19H19ClN2O3. The molecule has 1 heterocycles. The van der Waals surface area contributed by atoms with Gasteiger partial charge >= 0.3 is 0 Å². The molecule has 0 atom stereocenters.